The molecule has 1 N–H and O–H groups in total. The number of carbonyl (C=O) groups excluding carboxylic acids is 2. The Balaban J connectivity index is 1.59. The van der Waals surface area contributed by atoms with Gasteiger partial charge in [-0.1, -0.05) is 77.3 Å². The van der Waals surface area contributed by atoms with Gasteiger partial charge < -0.3 is 15.0 Å². The number of sulfonamides is 1. The second-order valence-electron chi connectivity index (χ2n) is 12.3. The minimum atomic E-state index is -4.55. The highest BCUT2D eigenvalue weighted by atomic mass is 79.9. The highest BCUT2D eigenvalue weighted by Crippen LogP contribution is 2.30. The molecule has 262 valence electrons. The van der Waals surface area contributed by atoms with E-state index in [-0.39, 0.29) is 41.2 Å². The lowest BCUT2D eigenvalue weighted by atomic mass is 10.0. The van der Waals surface area contributed by atoms with E-state index in [1.54, 1.807) is 12.1 Å². The number of halogens is 1. The number of nitro groups is 1. The van der Waals surface area contributed by atoms with Crippen molar-refractivity contribution in [3.8, 4) is 5.75 Å². The average Bonchev–Trinajstić information content (AvgIpc) is 3.62. The van der Waals surface area contributed by atoms with Gasteiger partial charge in [0.2, 0.25) is 11.8 Å². The molecule has 0 aliphatic heterocycles. The van der Waals surface area contributed by atoms with Crippen molar-refractivity contribution in [2.75, 3.05) is 18.0 Å². The SMILES string of the molecule is COc1ccc(N(CC(=O)N(Cc2cccc(Br)c2)[C@@H](Cc2ccccc2)C(=O)NC2CCCC2)S(=O)(=O)c2ccc(C)c([N+](=O)[O-])c2)cc1. The van der Waals surface area contributed by atoms with E-state index in [1.165, 1.54) is 43.2 Å². The molecule has 1 aliphatic carbocycles. The third kappa shape index (κ3) is 8.88. The Morgan fingerprint density at radius 1 is 0.960 bits per heavy atom. The number of rotatable bonds is 14. The van der Waals surface area contributed by atoms with Crippen LogP contribution >= 0.6 is 15.9 Å². The Morgan fingerprint density at radius 2 is 1.64 bits per heavy atom. The first-order chi connectivity index (χ1) is 24.0. The van der Waals surface area contributed by atoms with E-state index < -0.39 is 33.4 Å². The quantitative estimate of drug-likeness (QED) is 0.113. The van der Waals surface area contributed by atoms with Crippen LogP contribution in [0.5, 0.6) is 5.75 Å². The molecular weight excluding hydrogens is 724 g/mol. The Kier molecular flexibility index (Phi) is 11.9. The van der Waals surface area contributed by atoms with Crippen LogP contribution in [0.4, 0.5) is 11.4 Å². The number of amides is 2. The van der Waals surface area contributed by atoms with Crippen molar-refractivity contribution in [3.63, 3.8) is 0 Å². The number of hydrogen-bond acceptors (Lipinski definition) is 7. The van der Waals surface area contributed by atoms with Crippen LogP contribution in [0.1, 0.15) is 42.4 Å². The largest absolute Gasteiger partial charge is 0.497 e. The van der Waals surface area contributed by atoms with E-state index in [1.807, 2.05) is 54.6 Å². The molecule has 0 unspecified atom stereocenters. The van der Waals surface area contributed by atoms with Crippen molar-refractivity contribution in [3.05, 3.63) is 128 Å². The fraction of sp³-hybridized carbons (Fsp3) is 0.297. The number of hydrogen-bond donors (Lipinski definition) is 1. The molecule has 5 rings (SSSR count). The first kappa shape index (κ1) is 36.5. The van der Waals surface area contributed by atoms with Crippen LogP contribution in [0.3, 0.4) is 0 Å². The number of carbonyl (C=O) groups is 2. The molecule has 2 amide bonds. The highest BCUT2D eigenvalue weighted by Gasteiger charge is 2.36. The molecule has 1 fully saturated rings. The van der Waals surface area contributed by atoms with Crippen LogP contribution in [0.2, 0.25) is 0 Å². The zero-order valence-electron chi connectivity index (χ0n) is 27.8. The summed E-state index contributed by atoms with van der Waals surface area (Å²) in [7, 11) is -3.07. The van der Waals surface area contributed by atoms with Gasteiger partial charge in [-0.3, -0.25) is 24.0 Å². The van der Waals surface area contributed by atoms with E-state index in [4.69, 9.17) is 4.74 Å². The summed E-state index contributed by atoms with van der Waals surface area (Å²) in [6.45, 7) is 0.843. The smallest absolute Gasteiger partial charge is 0.273 e. The zero-order valence-corrected chi connectivity index (χ0v) is 30.2. The predicted molar refractivity (Wildman–Crippen MR) is 194 cm³/mol. The van der Waals surface area contributed by atoms with E-state index in [0.717, 1.165) is 51.7 Å². The third-order valence-corrected chi connectivity index (χ3v) is 11.1. The predicted octanol–water partition coefficient (Wildman–Crippen LogP) is 6.57. The normalized spacial score (nSPS) is 13.7. The number of nitrogens with zero attached hydrogens (tertiary/aromatic N) is 3. The van der Waals surface area contributed by atoms with Crippen LogP contribution < -0.4 is 14.4 Å². The molecule has 1 aliphatic rings. The molecule has 50 heavy (non-hydrogen) atoms. The average molecular weight is 764 g/mol. The molecule has 1 saturated carbocycles. The van der Waals surface area contributed by atoms with Gasteiger partial charge in [0.15, 0.2) is 0 Å². The molecule has 1 atom stereocenters. The number of nitrogens with one attached hydrogen (secondary N) is 1. The lowest BCUT2D eigenvalue weighted by molar-refractivity contribution is -0.385. The summed E-state index contributed by atoms with van der Waals surface area (Å²) in [5.41, 5.74) is 1.62. The van der Waals surface area contributed by atoms with Gasteiger partial charge in [-0.2, -0.15) is 0 Å². The minimum Gasteiger partial charge on any atom is -0.497 e. The molecule has 4 aromatic rings. The standard InChI is InChI=1S/C37H39BrN4O7S/c1-26-15-20-33(23-34(26)42(45)46)50(47,48)41(31-16-18-32(49-2)19-17-31)25-36(43)40(24-28-11-8-12-29(38)21-28)35(22-27-9-4-3-5-10-27)37(44)39-30-13-6-7-14-30/h3-5,8-12,15-21,23,30,35H,6-7,13-14,22,24-25H2,1-2H3,(H,39,44)/t35-/m0/s1. The van der Waals surface area contributed by atoms with Crippen LogP contribution in [-0.4, -0.2) is 55.8 Å². The second-order valence-corrected chi connectivity index (χ2v) is 15.0. The second kappa shape index (κ2) is 16.3. The van der Waals surface area contributed by atoms with Gasteiger partial charge in [0.25, 0.3) is 15.7 Å². The van der Waals surface area contributed by atoms with Crippen molar-refractivity contribution in [2.24, 2.45) is 0 Å². The Labute approximate surface area is 300 Å². The monoisotopic (exact) mass is 762 g/mol. The topological polar surface area (TPSA) is 139 Å². The van der Waals surface area contributed by atoms with Gasteiger partial charge in [0.05, 0.1) is 22.6 Å². The summed E-state index contributed by atoms with van der Waals surface area (Å²) < 4.78 is 35.7. The van der Waals surface area contributed by atoms with Gasteiger partial charge in [-0.15, -0.1) is 0 Å². The molecule has 0 heterocycles. The molecule has 0 radical (unpaired) electrons. The van der Waals surface area contributed by atoms with Crippen molar-refractivity contribution in [1.82, 2.24) is 10.2 Å². The van der Waals surface area contributed by atoms with Crippen LogP contribution in [0, 0.1) is 17.0 Å². The first-order valence-electron chi connectivity index (χ1n) is 16.3. The summed E-state index contributed by atoms with van der Waals surface area (Å²) in [5, 5.41) is 14.9. The number of anilines is 1. The van der Waals surface area contributed by atoms with Gasteiger partial charge in [0, 0.05) is 35.1 Å². The van der Waals surface area contributed by atoms with Gasteiger partial charge in [0.1, 0.15) is 18.3 Å². The molecule has 13 heteroatoms. The molecule has 0 aromatic heterocycles. The van der Waals surface area contributed by atoms with Gasteiger partial charge >= 0.3 is 0 Å². The van der Waals surface area contributed by atoms with Crippen molar-refractivity contribution in [1.29, 1.82) is 0 Å². The van der Waals surface area contributed by atoms with Gasteiger partial charge in [-0.05, 0) is 73.4 Å². The lowest BCUT2D eigenvalue weighted by Crippen LogP contribution is -2.54. The van der Waals surface area contributed by atoms with Crippen molar-refractivity contribution in [2.45, 2.75) is 62.6 Å². The van der Waals surface area contributed by atoms with Crippen LogP contribution in [-0.2, 0) is 32.6 Å². The molecule has 0 saturated heterocycles. The Bertz CT molecular complexity index is 1940. The van der Waals surface area contributed by atoms with Gasteiger partial charge in [-0.25, -0.2) is 8.42 Å². The fourth-order valence-electron chi connectivity index (χ4n) is 6.10. The van der Waals surface area contributed by atoms with E-state index in [0.29, 0.717) is 11.3 Å². The van der Waals surface area contributed by atoms with Crippen molar-refractivity contribution >= 4 is 49.1 Å². The third-order valence-electron chi connectivity index (χ3n) is 8.82. The molecule has 4 aromatic carbocycles. The molecule has 11 nitrogen and oxygen atoms in total. The molecule has 0 spiro atoms. The zero-order chi connectivity index (χ0) is 35.8. The number of benzene rings is 4. The molecule has 0 bridgehead atoms. The maximum atomic E-state index is 14.7. The summed E-state index contributed by atoms with van der Waals surface area (Å²) in [5.74, 6) is -0.489. The number of ether oxygens (including phenoxy) is 1. The fourth-order valence-corrected chi connectivity index (χ4v) is 7.99. The number of nitro benzene ring substituents is 1. The summed E-state index contributed by atoms with van der Waals surface area (Å²) in [4.78, 5) is 41.1. The van der Waals surface area contributed by atoms with E-state index in [2.05, 4.69) is 21.2 Å². The minimum absolute atomic E-state index is 0.0142. The summed E-state index contributed by atoms with van der Waals surface area (Å²) in [6.07, 6.45) is 3.88. The van der Waals surface area contributed by atoms with E-state index >= 15 is 0 Å². The molecular formula is C37H39BrN4O7S. The van der Waals surface area contributed by atoms with Crippen LogP contribution in [0.15, 0.2) is 106 Å². The lowest BCUT2D eigenvalue weighted by Gasteiger charge is -2.34. The summed E-state index contributed by atoms with van der Waals surface area (Å²) in [6, 6.07) is 25.5. The maximum Gasteiger partial charge on any atom is 0.273 e. The van der Waals surface area contributed by atoms with Crippen LogP contribution in [0.25, 0.3) is 0 Å². The van der Waals surface area contributed by atoms with E-state index in [9.17, 15) is 28.1 Å². The van der Waals surface area contributed by atoms with Crippen molar-refractivity contribution < 1.29 is 27.7 Å². The number of aryl methyl sites for hydroxylation is 1. The number of methoxy groups -OCH3 is 1. The Morgan fingerprint density at radius 3 is 2.28 bits per heavy atom. The Hall–Kier alpha value is -4.75. The first-order valence-corrected chi connectivity index (χ1v) is 18.5. The highest BCUT2D eigenvalue weighted by molar-refractivity contribution is 9.10. The summed E-state index contributed by atoms with van der Waals surface area (Å²) >= 11 is 3.49. The maximum absolute atomic E-state index is 14.7.